The Hall–Kier alpha value is -2.93. The minimum atomic E-state index is 0.418. The van der Waals surface area contributed by atoms with E-state index in [0.717, 1.165) is 10.6 Å². The first kappa shape index (κ1) is 17.9. The molecule has 2 heterocycles. The van der Waals surface area contributed by atoms with E-state index in [4.69, 9.17) is 16.1 Å². The molecule has 0 saturated carbocycles. The van der Waals surface area contributed by atoms with Crippen LogP contribution >= 0.6 is 11.6 Å². The lowest BCUT2D eigenvalue weighted by atomic mass is 10.2. The average Bonchev–Trinajstić information content (AvgIpc) is 3.15. The van der Waals surface area contributed by atoms with E-state index in [2.05, 4.69) is 30.8 Å². The molecule has 0 unspecified atom stereocenters. The first-order valence-corrected chi connectivity index (χ1v) is 8.56. The van der Waals surface area contributed by atoms with Gasteiger partial charge in [-0.2, -0.15) is 4.98 Å². The second-order valence-electron chi connectivity index (χ2n) is 5.42. The third-order valence-electron chi connectivity index (χ3n) is 3.62. The monoisotopic (exact) mass is 370 g/mol. The molecule has 0 amide bonds. The van der Waals surface area contributed by atoms with Crippen molar-refractivity contribution in [2.45, 2.75) is 13.0 Å². The highest BCUT2D eigenvalue weighted by atomic mass is 35.5. The molecular formula is C18H19ClN6O. The summed E-state index contributed by atoms with van der Waals surface area (Å²) < 4.78 is 5.24. The minimum absolute atomic E-state index is 0.418. The molecule has 7 nitrogen and oxygen atoms in total. The number of hydrogen-bond donors (Lipinski definition) is 2. The highest BCUT2D eigenvalue weighted by Gasteiger charge is 2.09. The van der Waals surface area contributed by atoms with Crippen molar-refractivity contribution >= 4 is 17.6 Å². The Morgan fingerprint density at radius 3 is 2.77 bits per heavy atom. The van der Waals surface area contributed by atoms with Crippen LogP contribution in [-0.4, -0.2) is 34.7 Å². The molecule has 134 valence electrons. The molecule has 3 aromatic rings. The molecule has 0 aliphatic heterocycles. The number of guanidine groups is 1. The number of nitrogens with zero attached hydrogens (tertiary/aromatic N) is 4. The predicted octanol–water partition coefficient (Wildman–Crippen LogP) is 2.69. The Kier molecular flexibility index (Phi) is 6.16. The van der Waals surface area contributed by atoms with Crippen LogP contribution in [0.2, 0.25) is 5.02 Å². The largest absolute Gasteiger partial charge is 0.356 e. The van der Waals surface area contributed by atoms with Gasteiger partial charge in [0.15, 0.2) is 11.8 Å². The molecule has 0 saturated heterocycles. The SMILES string of the molecule is CN=C(NCCc1noc(-c2ccccn2)n1)NCc1ccccc1Cl. The summed E-state index contributed by atoms with van der Waals surface area (Å²) in [6.07, 6.45) is 2.29. The van der Waals surface area contributed by atoms with E-state index in [0.29, 0.717) is 42.9 Å². The van der Waals surface area contributed by atoms with Crippen LogP contribution in [0.4, 0.5) is 0 Å². The van der Waals surface area contributed by atoms with Gasteiger partial charge in [-0.25, -0.2) is 0 Å². The van der Waals surface area contributed by atoms with Crippen molar-refractivity contribution in [1.29, 1.82) is 0 Å². The van der Waals surface area contributed by atoms with E-state index in [1.807, 2.05) is 42.5 Å². The van der Waals surface area contributed by atoms with Crippen LogP contribution in [0.5, 0.6) is 0 Å². The van der Waals surface area contributed by atoms with Gasteiger partial charge in [-0.15, -0.1) is 0 Å². The third kappa shape index (κ3) is 4.80. The van der Waals surface area contributed by atoms with E-state index in [9.17, 15) is 0 Å². The summed E-state index contributed by atoms with van der Waals surface area (Å²) in [4.78, 5) is 12.7. The molecule has 1 aromatic carbocycles. The van der Waals surface area contributed by atoms with Crippen LogP contribution in [0.1, 0.15) is 11.4 Å². The van der Waals surface area contributed by atoms with Crippen LogP contribution in [0, 0.1) is 0 Å². The van der Waals surface area contributed by atoms with Gasteiger partial charge >= 0.3 is 0 Å². The number of nitrogens with one attached hydrogen (secondary N) is 2. The van der Waals surface area contributed by atoms with Crippen molar-refractivity contribution in [2.24, 2.45) is 4.99 Å². The summed E-state index contributed by atoms with van der Waals surface area (Å²) in [6, 6.07) is 13.2. The zero-order valence-corrected chi connectivity index (χ0v) is 15.1. The van der Waals surface area contributed by atoms with Gasteiger partial charge in [0.25, 0.3) is 5.89 Å². The first-order chi connectivity index (χ1) is 12.8. The number of pyridine rings is 1. The van der Waals surface area contributed by atoms with Gasteiger partial charge in [0.1, 0.15) is 5.69 Å². The Balaban J connectivity index is 1.48. The average molecular weight is 371 g/mol. The molecular weight excluding hydrogens is 352 g/mol. The Morgan fingerprint density at radius 1 is 1.15 bits per heavy atom. The summed E-state index contributed by atoms with van der Waals surface area (Å²) >= 11 is 6.16. The summed E-state index contributed by atoms with van der Waals surface area (Å²) in [5.41, 5.74) is 1.67. The van der Waals surface area contributed by atoms with Gasteiger partial charge in [0, 0.05) is 37.8 Å². The fourth-order valence-corrected chi connectivity index (χ4v) is 2.49. The van der Waals surface area contributed by atoms with Crippen molar-refractivity contribution in [3.05, 3.63) is 65.1 Å². The van der Waals surface area contributed by atoms with Crippen LogP contribution in [0.15, 0.2) is 58.2 Å². The van der Waals surface area contributed by atoms with Gasteiger partial charge in [0.05, 0.1) is 0 Å². The number of benzene rings is 1. The molecule has 0 aliphatic rings. The van der Waals surface area contributed by atoms with Crippen molar-refractivity contribution in [1.82, 2.24) is 25.8 Å². The molecule has 0 aliphatic carbocycles. The number of halogens is 1. The van der Waals surface area contributed by atoms with E-state index >= 15 is 0 Å². The maximum atomic E-state index is 6.16. The molecule has 0 atom stereocenters. The molecule has 0 spiro atoms. The molecule has 26 heavy (non-hydrogen) atoms. The molecule has 0 radical (unpaired) electrons. The first-order valence-electron chi connectivity index (χ1n) is 8.18. The van der Waals surface area contributed by atoms with Crippen molar-refractivity contribution < 1.29 is 4.52 Å². The molecule has 0 fully saturated rings. The molecule has 3 rings (SSSR count). The van der Waals surface area contributed by atoms with Crippen LogP contribution in [0.3, 0.4) is 0 Å². The lowest BCUT2D eigenvalue weighted by molar-refractivity contribution is 0.421. The number of aliphatic imine (C=N–C) groups is 1. The molecule has 2 N–H and O–H groups in total. The van der Waals surface area contributed by atoms with Gasteiger partial charge in [-0.05, 0) is 23.8 Å². The van der Waals surface area contributed by atoms with E-state index in [-0.39, 0.29) is 0 Å². The Labute approximate surface area is 156 Å². The Morgan fingerprint density at radius 2 is 2.00 bits per heavy atom. The number of rotatable bonds is 6. The molecule has 8 heteroatoms. The van der Waals surface area contributed by atoms with Crippen LogP contribution < -0.4 is 10.6 Å². The fourth-order valence-electron chi connectivity index (χ4n) is 2.28. The highest BCUT2D eigenvalue weighted by molar-refractivity contribution is 6.31. The normalized spacial score (nSPS) is 11.4. The second-order valence-corrected chi connectivity index (χ2v) is 5.83. The van der Waals surface area contributed by atoms with Gasteiger partial charge < -0.3 is 15.2 Å². The van der Waals surface area contributed by atoms with Gasteiger partial charge in [0.2, 0.25) is 0 Å². The van der Waals surface area contributed by atoms with E-state index in [1.165, 1.54) is 0 Å². The lowest BCUT2D eigenvalue weighted by Crippen LogP contribution is -2.38. The van der Waals surface area contributed by atoms with Crippen LogP contribution in [0.25, 0.3) is 11.6 Å². The smallest absolute Gasteiger partial charge is 0.276 e. The maximum absolute atomic E-state index is 6.16. The quantitative estimate of drug-likeness (QED) is 0.512. The fraction of sp³-hybridized carbons (Fsp3) is 0.222. The zero-order valence-electron chi connectivity index (χ0n) is 14.3. The number of aromatic nitrogens is 3. The van der Waals surface area contributed by atoms with Crippen molar-refractivity contribution in [3.8, 4) is 11.6 Å². The Bertz CT molecular complexity index is 865. The third-order valence-corrected chi connectivity index (χ3v) is 3.99. The van der Waals surface area contributed by atoms with E-state index < -0.39 is 0 Å². The highest BCUT2D eigenvalue weighted by Crippen LogP contribution is 2.14. The zero-order chi connectivity index (χ0) is 18.2. The predicted molar refractivity (Wildman–Crippen MR) is 101 cm³/mol. The summed E-state index contributed by atoms with van der Waals surface area (Å²) in [5, 5.41) is 11.1. The number of hydrogen-bond acceptors (Lipinski definition) is 5. The van der Waals surface area contributed by atoms with Crippen molar-refractivity contribution in [2.75, 3.05) is 13.6 Å². The summed E-state index contributed by atoms with van der Waals surface area (Å²) in [5.74, 6) is 1.71. The van der Waals surface area contributed by atoms with E-state index in [1.54, 1.807) is 13.2 Å². The maximum Gasteiger partial charge on any atom is 0.276 e. The second kappa shape index (κ2) is 8.96. The van der Waals surface area contributed by atoms with Gasteiger partial charge in [-0.3, -0.25) is 9.98 Å². The topological polar surface area (TPSA) is 88.2 Å². The summed E-state index contributed by atoms with van der Waals surface area (Å²) in [7, 11) is 1.72. The van der Waals surface area contributed by atoms with Crippen LogP contribution in [-0.2, 0) is 13.0 Å². The van der Waals surface area contributed by atoms with Gasteiger partial charge in [-0.1, -0.05) is 41.0 Å². The van der Waals surface area contributed by atoms with Crippen molar-refractivity contribution in [3.63, 3.8) is 0 Å². The minimum Gasteiger partial charge on any atom is -0.356 e. The summed E-state index contributed by atoms with van der Waals surface area (Å²) in [6.45, 7) is 1.20. The standard InChI is InChI=1S/C18H19ClN6O/c1-20-18(23-12-13-6-2-3-7-14(13)19)22-11-9-16-24-17(26-25-16)15-8-4-5-10-21-15/h2-8,10H,9,11-12H2,1H3,(H2,20,22,23). The molecule has 2 aromatic heterocycles. The molecule has 0 bridgehead atoms. The lowest BCUT2D eigenvalue weighted by Gasteiger charge is -2.11.